The normalized spacial score (nSPS) is 32.1. The third-order valence-electron chi connectivity index (χ3n) is 4.40. The summed E-state index contributed by atoms with van der Waals surface area (Å²) in [5.74, 6) is 1.07. The second-order valence-corrected chi connectivity index (χ2v) is 5.39. The first kappa shape index (κ1) is 11.9. The van der Waals surface area contributed by atoms with Crippen molar-refractivity contribution in [3.63, 3.8) is 0 Å². The number of piperidine rings is 3. The van der Waals surface area contributed by atoms with Gasteiger partial charge in [-0.3, -0.25) is 0 Å². The molecule has 0 radical (unpaired) electrons. The lowest BCUT2D eigenvalue weighted by Gasteiger charge is -2.49. The van der Waals surface area contributed by atoms with E-state index in [0.717, 1.165) is 5.92 Å². The fourth-order valence-electron chi connectivity index (χ4n) is 3.35. The molecule has 3 heterocycles. The van der Waals surface area contributed by atoms with Crippen molar-refractivity contribution in [3.8, 4) is 0 Å². The van der Waals surface area contributed by atoms with E-state index in [1.165, 1.54) is 55.5 Å². The molecule has 4 rings (SSSR count). The molecular weight excluding hydrogens is 218 g/mol. The Kier molecular flexibility index (Phi) is 3.56. The second kappa shape index (κ2) is 4.77. The molecular formula is C14H20ClN. The van der Waals surface area contributed by atoms with Crippen LogP contribution in [0.1, 0.15) is 24.8 Å². The van der Waals surface area contributed by atoms with Crippen LogP contribution >= 0.6 is 0 Å². The molecule has 2 heteroatoms. The number of hydrogen-bond donors (Lipinski definition) is 0. The van der Waals surface area contributed by atoms with Crippen LogP contribution in [0.4, 0.5) is 0 Å². The number of benzene rings is 1. The molecule has 0 amide bonds. The van der Waals surface area contributed by atoms with E-state index in [1.54, 1.807) is 0 Å². The summed E-state index contributed by atoms with van der Waals surface area (Å²) in [6, 6.07) is 11.0. The zero-order valence-corrected chi connectivity index (χ0v) is 10.5. The van der Waals surface area contributed by atoms with Gasteiger partial charge in [0.15, 0.2) is 0 Å². The van der Waals surface area contributed by atoms with E-state index in [9.17, 15) is 0 Å². The molecule has 1 aromatic rings. The van der Waals surface area contributed by atoms with Crippen LogP contribution in [0.15, 0.2) is 30.3 Å². The van der Waals surface area contributed by atoms with Crippen molar-refractivity contribution < 1.29 is 16.9 Å². The van der Waals surface area contributed by atoms with Crippen molar-refractivity contribution in [1.29, 1.82) is 0 Å². The molecule has 1 aromatic carbocycles. The van der Waals surface area contributed by atoms with Gasteiger partial charge in [0.05, 0.1) is 19.6 Å². The minimum Gasteiger partial charge on any atom is -1.00 e. The molecule has 0 aromatic heterocycles. The quantitative estimate of drug-likeness (QED) is 0.627. The van der Waals surface area contributed by atoms with Gasteiger partial charge >= 0.3 is 0 Å². The summed E-state index contributed by atoms with van der Waals surface area (Å²) in [6.07, 6.45) is 4.44. The van der Waals surface area contributed by atoms with Crippen LogP contribution in [-0.4, -0.2) is 24.1 Å². The van der Waals surface area contributed by atoms with E-state index in [0.29, 0.717) is 0 Å². The Morgan fingerprint density at radius 3 is 2.06 bits per heavy atom. The zero-order valence-electron chi connectivity index (χ0n) is 9.74. The van der Waals surface area contributed by atoms with Crippen LogP contribution < -0.4 is 12.4 Å². The van der Waals surface area contributed by atoms with Gasteiger partial charge in [-0.2, -0.15) is 0 Å². The van der Waals surface area contributed by atoms with Gasteiger partial charge in [-0.1, -0.05) is 30.3 Å². The van der Waals surface area contributed by atoms with Crippen LogP contribution in [0.3, 0.4) is 0 Å². The molecule has 0 spiro atoms. The first-order valence-corrected chi connectivity index (χ1v) is 6.25. The summed E-state index contributed by atoms with van der Waals surface area (Å²) >= 11 is 0. The molecule has 3 saturated heterocycles. The van der Waals surface area contributed by atoms with Gasteiger partial charge in [-0.15, -0.1) is 0 Å². The third-order valence-corrected chi connectivity index (χ3v) is 4.40. The third kappa shape index (κ3) is 2.26. The van der Waals surface area contributed by atoms with Gasteiger partial charge in [0.2, 0.25) is 0 Å². The molecule has 0 atom stereocenters. The van der Waals surface area contributed by atoms with Crippen molar-refractivity contribution in [2.45, 2.75) is 25.8 Å². The Hall–Kier alpha value is -0.530. The number of nitrogens with zero attached hydrogens (tertiary/aromatic N) is 1. The Balaban J connectivity index is 0.000000963. The number of fused-ring (bicyclic) bond motifs is 3. The molecule has 1 nitrogen and oxygen atoms in total. The molecule has 2 bridgehead atoms. The van der Waals surface area contributed by atoms with Crippen molar-refractivity contribution in [3.05, 3.63) is 35.9 Å². The van der Waals surface area contributed by atoms with Crippen LogP contribution in [-0.2, 0) is 6.54 Å². The molecule has 0 aliphatic carbocycles. The summed E-state index contributed by atoms with van der Waals surface area (Å²) in [7, 11) is 0. The Labute approximate surface area is 104 Å². The maximum absolute atomic E-state index is 2.29. The van der Waals surface area contributed by atoms with Crippen molar-refractivity contribution in [2.75, 3.05) is 19.6 Å². The summed E-state index contributed by atoms with van der Waals surface area (Å²) in [5.41, 5.74) is 1.53. The highest BCUT2D eigenvalue weighted by Gasteiger charge is 2.39. The monoisotopic (exact) mass is 237 g/mol. The second-order valence-electron chi connectivity index (χ2n) is 5.39. The van der Waals surface area contributed by atoms with Gasteiger partial charge in [0.1, 0.15) is 6.54 Å². The van der Waals surface area contributed by atoms with E-state index in [4.69, 9.17) is 0 Å². The van der Waals surface area contributed by atoms with Gasteiger partial charge in [-0.25, -0.2) is 0 Å². The molecule has 0 N–H and O–H groups in total. The topological polar surface area (TPSA) is 0 Å². The number of hydrogen-bond acceptors (Lipinski definition) is 0. The summed E-state index contributed by atoms with van der Waals surface area (Å²) < 4.78 is 1.38. The summed E-state index contributed by atoms with van der Waals surface area (Å²) in [4.78, 5) is 0. The summed E-state index contributed by atoms with van der Waals surface area (Å²) in [5, 5.41) is 0. The largest absolute Gasteiger partial charge is 1.00 e. The highest BCUT2D eigenvalue weighted by Crippen LogP contribution is 2.34. The highest BCUT2D eigenvalue weighted by atomic mass is 35.5. The minimum atomic E-state index is 0. The lowest BCUT2D eigenvalue weighted by atomic mass is 9.85. The number of quaternary nitrogens is 1. The lowest BCUT2D eigenvalue weighted by Crippen LogP contribution is -3.00. The predicted octanol–water partition coefficient (Wildman–Crippen LogP) is -0.179. The SMILES string of the molecule is [Cl-].c1ccc(C[N+]23CCC(CC2)CC3)cc1. The molecule has 3 aliphatic rings. The minimum absolute atomic E-state index is 0. The Morgan fingerprint density at radius 1 is 0.938 bits per heavy atom. The van der Waals surface area contributed by atoms with E-state index in [-0.39, 0.29) is 12.4 Å². The fourth-order valence-corrected chi connectivity index (χ4v) is 3.35. The van der Waals surface area contributed by atoms with Gasteiger partial charge in [0, 0.05) is 5.56 Å². The molecule has 0 unspecified atom stereocenters. The van der Waals surface area contributed by atoms with Gasteiger partial charge < -0.3 is 16.9 Å². The number of rotatable bonds is 2. The molecule has 0 saturated carbocycles. The van der Waals surface area contributed by atoms with Crippen LogP contribution in [0.25, 0.3) is 0 Å². The predicted molar refractivity (Wildman–Crippen MR) is 62.3 cm³/mol. The zero-order chi connectivity index (χ0) is 10.1. The summed E-state index contributed by atoms with van der Waals surface area (Å²) in [6.45, 7) is 5.56. The van der Waals surface area contributed by atoms with E-state index in [2.05, 4.69) is 30.3 Å². The maximum atomic E-state index is 2.29. The maximum Gasteiger partial charge on any atom is 0.104 e. The van der Waals surface area contributed by atoms with E-state index >= 15 is 0 Å². The average Bonchev–Trinajstić information content (AvgIpc) is 2.32. The smallest absolute Gasteiger partial charge is 0.104 e. The van der Waals surface area contributed by atoms with Gasteiger partial charge in [0.25, 0.3) is 0 Å². The molecule has 16 heavy (non-hydrogen) atoms. The average molecular weight is 238 g/mol. The Morgan fingerprint density at radius 2 is 1.50 bits per heavy atom. The standard InChI is InChI=1S/C14H20N.ClH/c1-2-4-14(5-3-1)12-15-9-6-13(7-10-15)8-11-15;/h1-5,13H,6-12H2;1H/q+1;/p-1. The lowest BCUT2D eigenvalue weighted by molar-refractivity contribution is -0.955. The number of halogens is 1. The van der Waals surface area contributed by atoms with Crippen LogP contribution in [0, 0.1) is 5.92 Å². The molecule has 3 aliphatic heterocycles. The molecule has 88 valence electrons. The van der Waals surface area contributed by atoms with Gasteiger partial charge in [-0.05, 0) is 25.2 Å². The Bertz CT molecular complexity index is 314. The van der Waals surface area contributed by atoms with Crippen LogP contribution in [0.2, 0.25) is 0 Å². The molecule has 3 fully saturated rings. The van der Waals surface area contributed by atoms with Crippen molar-refractivity contribution >= 4 is 0 Å². The van der Waals surface area contributed by atoms with E-state index < -0.39 is 0 Å². The highest BCUT2D eigenvalue weighted by molar-refractivity contribution is 5.13. The van der Waals surface area contributed by atoms with Crippen molar-refractivity contribution in [2.24, 2.45) is 5.92 Å². The van der Waals surface area contributed by atoms with Crippen LogP contribution in [0.5, 0.6) is 0 Å². The fraction of sp³-hybridized carbons (Fsp3) is 0.571. The first-order chi connectivity index (χ1) is 7.36. The first-order valence-electron chi connectivity index (χ1n) is 6.25. The van der Waals surface area contributed by atoms with Crippen molar-refractivity contribution in [1.82, 2.24) is 0 Å². The van der Waals surface area contributed by atoms with E-state index in [1.807, 2.05) is 0 Å².